The zero-order valence-corrected chi connectivity index (χ0v) is 22.1. The van der Waals surface area contributed by atoms with Crippen LogP contribution in [0.2, 0.25) is 0 Å². The summed E-state index contributed by atoms with van der Waals surface area (Å²) < 4.78 is 27.2. The van der Waals surface area contributed by atoms with Gasteiger partial charge in [0, 0.05) is 28.2 Å². The van der Waals surface area contributed by atoms with Crippen molar-refractivity contribution in [1.29, 1.82) is 0 Å². The van der Waals surface area contributed by atoms with Gasteiger partial charge < -0.3 is 14.0 Å². The minimum atomic E-state index is -1.19. The lowest BCUT2D eigenvalue weighted by Gasteiger charge is -2.41. The number of hydrogen-bond acceptors (Lipinski definition) is 6. The largest absolute Gasteiger partial charge is 0.598 e. The van der Waals surface area contributed by atoms with E-state index in [1.165, 1.54) is 5.56 Å². The zero-order valence-electron chi connectivity index (χ0n) is 20.5. The van der Waals surface area contributed by atoms with Crippen molar-refractivity contribution in [1.82, 2.24) is 4.31 Å². The molecule has 0 radical (unpaired) electrons. The molecule has 0 amide bonds. The molecule has 0 N–H and O–H groups in total. The van der Waals surface area contributed by atoms with E-state index in [4.69, 9.17) is 9.47 Å². The number of rotatable bonds is 9. The molecule has 1 heterocycles. The van der Waals surface area contributed by atoms with Gasteiger partial charge in [-0.2, -0.15) is 0 Å². The van der Waals surface area contributed by atoms with Gasteiger partial charge in [0.05, 0.1) is 25.3 Å². The lowest BCUT2D eigenvalue weighted by molar-refractivity contribution is -0.129. The van der Waals surface area contributed by atoms with Crippen molar-refractivity contribution in [3.05, 3.63) is 76.2 Å². The Morgan fingerprint density at radius 1 is 1.21 bits per heavy atom. The highest BCUT2D eigenvalue weighted by Crippen LogP contribution is 2.36. The molecule has 0 bridgehead atoms. The van der Waals surface area contributed by atoms with Crippen LogP contribution in [-0.4, -0.2) is 50.9 Å². The Balaban J connectivity index is 1.80. The van der Waals surface area contributed by atoms with Crippen LogP contribution in [0.5, 0.6) is 0 Å². The quantitative estimate of drug-likeness (QED) is 0.185. The van der Waals surface area contributed by atoms with Crippen molar-refractivity contribution in [3.8, 4) is 0 Å². The van der Waals surface area contributed by atoms with E-state index in [0.29, 0.717) is 19.6 Å². The maximum absolute atomic E-state index is 13.0. The highest BCUT2D eigenvalue weighted by molar-refractivity contribution is 7.99. The van der Waals surface area contributed by atoms with Crippen molar-refractivity contribution < 1.29 is 14.0 Å². The summed E-state index contributed by atoms with van der Waals surface area (Å²) in [6.45, 7) is 8.78. The van der Waals surface area contributed by atoms with Gasteiger partial charge in [0.15, 0.2) is 0 Å². The Morgan fingerprint density at radius 3 is 2.50 bits per heavy atom. The van der Waals surface area contributed by atoms with Crippen LogP contribution >= 0.6 is 11.8 Å². The summed E-state index contributed by atoms with van der Waals surface area (Å²) in [5.41, 5.74) is 11.1. The van der Waals surface area contributed by atoms with Crippen LogP contribution in [0.25, 0.3) is 10.4 Å². The molecule has 0 aliphatic carbocycles. The van der Waals surface area contributed by atoms with E-state index in [-0.39, 0.29) is 28.4 Å². The van der Waals surface area contributed by atoms with E-state index in [0.717, 1.165) is 10.5 Å². The molecule has 0 saturated carbocycles. The molecular weight excluding hydrogens is 468 g/mol. The first-order valence-corrected chi connectivity index (χ1v) is 13.4. The number of thioether (sulfide) groups is 1. The highest BCUT2D eigenvalue weighted by atomic mass is 32.2. The summed E-state index contributed by atoms with van der Waals surface area (Å²) in [6, 6.07) is 17.8. The van der Waals surface area contributed by atoms with Crippen LogP contribution in [0.15, 0.2) is 64.6 Å². The maximum Gasteiger partial charge on any atom is 0.137 e. The van der Waals surface area contributed by atoms with E-state index in [1.54, 1.807) is 11.8 Å². The van der Waals surface area contributed by atoms with Gasteiger partial charge in [-0.3, -0.25) is 0 Å². The number of likely N-dealkylation sites (N-methyl/N-ethyl adjacent to an activating group) is 1. The number of azide groups is 1. The second-order valence-electron chi connectivity index (χ2n) is 9.49. The molecule has 9 heteroatoms. The molecule has 3 rings (SSSR count). The van der Waals surface area contributed by atoms with Crippen LogP contribution in [0.1, 0.15) is 38.3 Å². The lowest BCUT2D eigenvalue weighted by atomic mass is 10.0. The molecule has 1 aliphatic rings. The Kier molecular flexibility index (Phi) is 9.74. The molecule has 2 unspecified atom stereocenters. The maximum atomic E-state index is 13.0. The minimum Gasteiger partial charge on any atom is -0.598 e. The molecular formula is C25H34N4O3S2. The van der Waals surface area contributed by atoms with Crippen LogP contribution in [0.3, 0.4) is 0 Å². The van der Waals surface area contributed by atoms with E-state index in [9.17, 15) is 10.1 Å². The fourth-order valence-electron chi connectivity index (χ4n) is 3.78. The zero-order chi connectivity index (χ0) is 24.7. The van der Waals surface area contributed by atoms with Crippen molar-refractivity contribution in [2.24, 2.45) is 5.11 Å². The second kappa shape index (κ2) is 12.3. The first-order valence-electron chi connectivity index (χ1n) is 11.4. The Bertz CT molecular complexity index is 949. The topological polar surface area (TPSA) is 93.5 Å². The standard InChI is InChI=1S/C25H34N4O3S2/c1-18-11-13-20(14-12-18)33-24-21(27-28-26)15-22(31-17-19-9-7-6-8-10-19)23(32-24)16-29(5)34(30)25(2,3)4/h6-14,21-24H,15-17H2,1-5H3/t21-,22+,23-,24?,34?/m1/s1. The summed E-state index contributed by atoms with van der Waals surface area (Å²) in [5.74, 6) is 0. The van der Waals surface area contributed by atoms with Crippen molar-refractivity contribution in [2.75, 3.05) is 13.6 Å². The predicted octanol–water partition coefficient (Wildman–Crippen LogP) is 5.86. The first-order chi connectivity index (χ1) is 16.2. The van der Waals surface area contributed by atoms with Crippen LogP contribution in [0.4, 0.5) is 0 Å². The molecule has 0 aromatic heterocycles. The summed E-state index contributed by atoms with van der Waals surface area (Å²) in [7, 11) is 1.85. The van der Waals surface area contributed by atoms with Gasteiger partial charge in [0.2, 0.25) is 0 Å². The third-order valence-electron chi connectivity index (χ3n) is 5.54. The highest BCUT2D eigenvalue weighted by Gasteiger charge is 2.42. The molecule has 34 heavy (non-hydrogen) atoms. The van der Waals surface area contributed by atoms with Gasteiger partial charge in [-0.25, -0.2) is 0 Å². The van der Waals surface area contributed by atoms with Crippen LogP contribution < -0.4 is 0 Å². The minimum absolute atomic E-state index is 0.301. The SMILES string of the molecule is Cc1ccc(SC2O[C@H](CN(C)[S+]([O-])C(C)(C)C)[C@@H](OCc3ccccc3)C[C@H]2N=[N+]=[N-])cc1. The predicted molar refractivity (Wildman–Crippen MR) is 139 cm³/mol. The summed E-state index contributed by atoms with van der Waals surface area (Å²) in [5, 5.41) is 4.05. The smallest absolute Gasteiger partial charge is 0.137 e. The van der Waals surface area contributed by atoms with Crippen LogP contribution in [-0.2, 0) is 27.4 Å². The third-order valence-corrected chi connectivity index (χ3v) is 8.50. The second-order valence-corrected chi connectivity index (χ2v) is 13.0. The number of nitrogens with zero attached hydrogens (tertiary/aromatic N) is 4. The van der Waals surface area contributed by atoms with Gasteiger partial charge in [-0.05, 0) is 57.3 Å². The molecule has 1 fully saturated rings. The molecule has 184 valence electrons. The lowest BCUT2D eigenvalue weighted by Crippen LogP contribution is -2.53. The van der Waals surface area contributed by atoms with E-state index in [1.807, 2.05) is 81.5 Å². The summed E-state index contributed by atoms with van der Waals surface area (Å²) >= 11 is 0.352. The van der Waals surface area contributed by atoms with Gasteiger partial charge in [-0.15, -0.1) is 4.31 Å². The summed E-state index contributed by atoms with van der Waals surface area (Å²) in [6.07, 6.45) is -0.0979. The van der Waals surface area contributed by atoms with E-state index >= 15 is 0 Å². The molecule has 0 spiro atoms. The number of ether oxygens (including phenoxy) is 2. The Hall–Kier alpha value is -1.71. The monoisotopic (exact) mass is 502 g/mol. The fourth-order valence-corrected chi connectivity index (χ4v) is 6.08. The van der Waals surface area contributed by atoms with Crippen molar-refractivity contribution in [2.45, 2.75) is 74.1 Å². The Morgan fingerprint density at radius 2 is 1.88 bits per heavy atom. The molecule has 5 atom stereocenters. The molecule has 1 aliphatic heterocycles. The molecule has 1 saturated heterocycles. The molecule has 7 nitrogen and oxygen atoms in total. The average Bonchev–Trinajstić information content (AvgIpc) is 2.80. The van der Waals surface area contributed by atoms with Crippen LogP contribution in [0, 0.1) is 6.92 Å². The molecule has 2 aromatic carbocycles. The van der Waals surface area contributed by atoms with Gasteiger partial charge >= 0.3 is 0 Å². The van der Waals surface area contributed by atoms with Crippen molar-refractivity contribution in [3.63, 3.8) is 0 Å². The average molecular weight is 503 g/mol. The van der Waals surface area contributed by atoms with Gasteiger partial charge in [0.25, 0.3) is 0 Å². The number of aryl methyl sites for hydroxylation is 1. The van der Waals surface area contributed by atoms with Gasteiger partial charge in [-0.1, -0.05) is 64.9 Å². The molecule has 2 aromatic rings. The first kappa shape index (κ1) is 26.9. The van der Waals surface area contributed by atoms with Crippen molar-refractivity contribution >= 4 is 23.1 Å². The van der Waals surface area contributed by atoms with E-state index < -0.39 is 11.4 Å². The normalized spacial score (nSPS) is 24.0. The number of hydrogen-bond donors (Lipinski definition) is 0. The van der Waals surface area contributed by atoms with Gasteiger partial charge in [0.1, 0.15) is 16.3 Å². The fraction of sp³-hybridized carbons (Fsp3) is 0.520. The summed E-state index contributed by atoms with van der Waals surface area (Å²) in [4.78, 5) is 4.13. The third kappa shape index (κ3) is 7.65. The number of benzene rings is 2. The van der Waals surface area contributed by atoms with E-state index in [2.05, 4.69) is 22.2 Å². The Labute approximate surface area is 210 Å².